The van der Waals surface area contributed by atoms with Crippen LogP contribution in [0.25, 0.3) is 0 Å². The highest BCUT2D eigenvalue weighted by atomic mass is 79.9. The van der Waals surface area contributed by atoms with E-state index in [9.17, 15) is 0 Å². The van der Waals surface area contributed by atoms with E-state index in [0.29, 0.717) is 0 Å². The summed E-state index contributed by atoms with van der Waals surface area (Å²) in [5, 5.41) is 2.89. The van der Waals surface area contributed by atoms with Crippen LogP contribution >= 0.6 is 38.9 Å². The van der Waals surface area contributed by atoms with Crippen LogP contribution in [0.4, 0.5) is 0 Å². The van der Waals surface area contributed by atoms with Gasteiger partial charge in [-0.05, 0) is 47.1 Å². The van der Waals surface area contributed by atoms with Gasteiger partial charge in [0.2, 0.25) is 0 Å². The van der Waals surface area contributed by atoms with Crippen LogP contribution in [0.15, 0.2) is 40.2 Å². The number of benzene rings is 1. The molecular formula is C16H20BrClN2S. The minimum atomic E-state index is 0.0540. The number of halogens is 2. The highest BCUT2D eigenvalue weighted by Crippen LogP contribution is 2.32. The van der Waals surface area contributed by atoms with Gasteiger partial charge in [-0.1, -0.05) is 36.7 Å². The lowest BCUT2D eigenvalue weighted by atomic mass is 9.96. The molecule has 2 rings (SSSR count). The molecule has 0 amide bonds. The van der Waals surface area contributed by atoms with E-state index >= 15 is 0 Å². The zero-order valence-electron chi connectivity index (χ0n) is 12.2. The molecule has 1 aromatic carbocycles. The summed E-state index contributed by atoms with van der Waals surface area (Å²) in [6, 6.07) is 10.3. The number of nitrogens with two attached hydrogens (primary N) is 1. The van der Waals surface area contributed by atoms with E-state index in [1.807, 2.05) is 18.2 Å². The first kappa shape index (κ1) is 17.0. The Bertz CT molecular complexity index is 587. The second kappa shape index (κ2) is 7.75. The summed E-state index contributed by atoms with van der Waals surface area (Å²) < 4.78 is 1.13. The van der Waals surface area contributed by atoms with Crippen LogP contribution in [0.5, 0.6) is 0 Å². The highest BCUT2D eigenvalue weighted by molar-refractivity contribution is 9.10. The summed E-state index contributed by atoms with van der Waals surface area (Å²) in [7, 11) is 2.11. The van der Waals surface area contributed by atoms with Crippen molar-refractivity contribution >= 4 is 38.9 Å². The van der Waals surface area contributed by atoms with Crippen molar-refractivity contribution in [3.05, 3.63) is 55.6 Å². The van der Waals surface area contributed by atoms with E-state index in [1.165, 1.54) is 4.88 Å². The Morgan fingerprint density at radius 1 is 1.38 bits per heavy atom. The summed E-state index contributed by atoms with van der Waals surface area (Å²) in [5.41, 5.74) is 7.48. The molecule has 0 radical (unpaired) electrons. The predicted molar refractivity (Wildman–Crippen MR) is 95.9 cm³/mol. The SMILES string of the molecule is CCC(N)C(c1ccccc1Cl)N(C)Cc1cc(Br)cs1. The Hall–Kier alpha value is -0.390. The fourth-order valence-corrected chi connectivity index (χ4v) is 4.27. The molecule has 1 heterocycles. The molecule has 0 saturated heterocycles. The second-order valence-electron chi connectivity index (χ2n) is 5.18. The van der Waals surface area contributed by atoms with Gasteiger partial charge in [0.25, 0.3) is 0 Å². The molecule has 5 heteroatoms. The fraction of sp³-hybridized carbons (Fsp3) is 0.375. The lowest BCUT2D eigenvalue weighted by Gasteiger charge is -2.33. The molecular weight excluding hydrogens is 368 g/mol. The standard InChI is InChI=1S/C16H20BrClN2S/c1-3-15(19)16(13-6-4-5-7-14(13)18)20(2)9-12-8-11(17)10-21-12/h4-8,10,15-16H,3,9,19H2,1-2H3. The largest absolute Gasteiger partial charge is 0.326 e. The Labute approximate surface area is 144 Å². The third-order valence-electron chi connectivity index (χ3n) is 3.60. The molecule has 21 heavy (non-hydrogen) atoms. The summed E-state index contributed by atoms with van der Waals surface area (Å²) in [6.07, 6.45) is 0.911. The molecule has 0 aliphatic heterocycles. The van der Waals surface area contributed by atoms with Gasteiger partial charge in [0.1, 0.15) is 0 Å². The third-order valence-corrected chi connectivity index (χ3v) is 5.63. The molecule has 2 aromatic rings. The number of hydrogen-bond acceptors (Lipinski definition) is 3. The molecule has 0 aliphatic rings. The maximum absolute atomic E-state index is 6.38. The first-order valence-electron chi connectivity index (χ1n) is 6.96. The van der Waals surface area contributed by atoms with Crippen LogP contribution in [0.3, 0.4) is 0 Å². The molecule has 0 bridgehead atoms. The molecule has 114 valence electrons. The van der Waals surface area contributed by atoms with E-state index < -0.39 is 0 Å². The molecule has 1 aromatic heterocycles. The van der Waals surface area contributed by atoms with E-state index in [1.54, 1.807) is 11.3 Å². The molecule has 0 fully saturated rings. The van der Waals surface area contributed by atoms with E-state index in [-0.39, 0.29) is 12.1 Å². The van der Waals surface area contributed by atoms with Crippen molar-refractivity contribution in [1.29, 1.82) is 0 Å². The maximum atomic E-state index is 6.38. The number of nitrogens with zero attached hydrogens (tertiary/aromatic N) is 1. The van der Waals surface area contributed by atoms with Gasteiger partial charge < -0.3 is 5.73 Å². The van der Waals surface area contributed by atoms with Crippen LogP contribution in [0, 0.1) is 0 Å². The van der Waals surface area contributed by atoms with Gasteiger partial charge in [0.05, 0.1) is 6.04 Å². The van der Waals surface area contributed by atoms with Crippen molar-refractivity contribution in [1.82, 2.24) is 4.90 Å². The zero-order chi connectivity index (χ0) is 15.4. The lowest BCUT2D eigenvalue weighted by Crippen LogP contribution is -2.38. The van der Waals surface area contributed by atoms with Crippen LogP contribution in [0.1, 0.15) is 29.8 Å². The minimum absolute atomic E-state index is 0.0540. The zero-order valence-corrected chi connectivity index (χ0v) is 15.4. The van der Waals surface area contributed by atoms with E-state index in [4.69, 9.17) is 17.3 Å². The van der Waals surface area contributed by atoms with Gasteiger partial charge in [-0.15, -0.1) is 11.3 Å². The first-order chi connectivity index (χ1) is 10.0. The van der Waals surface area contributed by atoms with Gasteiger partial charge in [0, 0.05) is 32.3 Å². The van der Waals surface area contributed by atoms with Gasteiger partial charge >= 0.3 is 0 Å². The van der Waals surface area contributed by atoms with Crippen molar-refractivity contribution in [2.45, 2.75) is 32.0 Å². The fourth-order valence-electron chi connectivity index (χ4n) is 2.51. The monoisotopic (exact) mass is 386 g/mol. The normalized spacial score (nSPS) is 14.4. The number of likely N-dealkylation sites (N-methyl/N-ethyl adjacent to an activating group) is 1. The number of hydrogen-bond donors (Lipinski definition) is 1. The quantitative estimate of drug-likeness (QED) is 0.749. The molecule has 2 N–H and O–H groups in total. The third kappa shape index (κ3) is 4.30. The van der Waals surface area contributed by atoms with Gasteiger partial charge in [-0.3, -0.25) is 4.90 Å². The summed E-state index contributed by atoms with van der Waals surface area (Å²) in [5.74, 6) is 0. The molecule has 2 nitrogen and oxygen atoms in total. The van der Waals surface area contributed by atoms with Crippen molar-refractivity contribution < 1.29 is 0 Å². The van der Waals surface area contributed by atoms with Crippen LogP contribution in [-0.2, 0) is 6.54 Å². The molecule has 0 aliphatic carbocycles. The maximum Gasteiger partial charge on any atom is 0.0514 e. The summed E-state index contributed by atoms with van der Waals surface area (Å²) in [4.78, 5) is 3.60. The Balaban J connectivity index is 2.25. The van der Waals surface area contributed by atoms with Gasteiger partial charge in [-0.2, -0.15) is 0 Å². The molecule has 2 unspecified atom stereocenters. The van der Waals surface area contributed by atoms with Crippen molar-refractivity contribution in [3.63, 3.8) is 0 Å². The second-order valence-corrected chi connectivity index (χ2v) is 7.50. The van der Waals surface area contributed by atoms with Crippen LogP contribution in [0.2, 0.25) is 5.02 Å². The Morgan fingerprint density at radius 3 is 2.67 bits per heavy atom. The van der Waals surface area contributed by atoms with Gasteiger partial charge in [0.15, 0.2) is 0 Å². The molecule has 2 atom stereocenters. The topological polar surface area (TPSA) is 29.3 Å². The average Bonchev–Trinajstić information content (AvgIpc) is 2.86. The summed E-state index contributed by atoms with van der Waals surface area (Å²) in [6.45, 7) is 2.98. The minimum Gasteiger partial charge on any atom is -0.326 e. The summed E-state index contributed by atoms with van der Waals surface area (Å²) >= 11 is 11.6. The predicted octanol–water partition coefficient (Wildman–Crippen LogP) is 5.07. The van der Waals surface area contributed by atoms with Crippen LogP contribution in [-0.4, -0.2) is 18.0 Å². The lowest BCUT2D eigenvalue weighted by molar-refractivity contribution is 0.203. The van der Waals surface area contributed by atoms with Gasteiger partial charge in [-0.25, -0.2) is 0 Å². The Morgan fingerprint density at radius 2 is 2.10 bits per heavy atom. The van der Waals surface area contributed by atoms with Crippen molar-refractivity contribution in [3.8, 4) is 0 Å². The molecule has 0 saturated carbocycles. The molecule has 0 spiro atoms. The van der Waals surface area contributed by atoms with Crippen molar-refractivity contribution in [2.24, 2.45) is 5.73 Å². The highest BCUT2D eigenvalue weighted by Gasteiger charge is 2.25. The number of thiophene rings is 1. The first-order valence-corrected chi connectivity index (χ1v) is 9.01. The average molecular weight is 388 g/mol. The smallest absolute Gasteiger partial charge is 0.0514 e. The van der Waals surface area contributed by atoms with E-state index in [0.717, 1.165) is 28.0 Å². The van der Waals surface area contributed by atoms with Crippen LogP contribution < -0.4 is 5.73 Å². The van der Waals surface area contributed by atoms with Crippen molar-refractivity contribution in [2.75, 3.05) is 7.05 Å². The van der Waals surface area contributed by atoms with E-state index in [2.05, 4.69) is 52.3 Å². The Kier molecular flexibility index (Phi) is 6.26. The number of rotatable bonds is 6.